The molecule has 0 spiro atoms. The first-order valence-electron chi connectivity index (χ1n) is 4.90. The third-order valence-corrected chi connectivity index (χ3v) is 3.56. The van der Waals surface area contributed by atoms with Gasteiger partial charge in [-0.1, -0.05) is 28.9 Å². The predicted octanol–water partition coefficient (Wildman–Crippen LogP) is 2.90. The summed E-state index contributed by atoms with van der Waals surface area (Å²) in [5, 5.41) is 3.89. The van der Waals surface area contributed by atoms with E-state index >= 15 is 0 Å². The molecule has 0 N–H and O–H groups in total. The molecule has 1 aliphatic rings. The maximum Gasteiger partial charge on any atom is 0.139 e. The van der Waals surface area contributed by atoms with Crippen molar-refractivity contribution in [2.24, 2.45) is 5.92 Å². The Balaban J connectivity index is 1.70. The molecule has 1 saturated carbocycles. The zero-order valence-corrected chi connectivity index (χ0v) is 9.48. The minimum atomic E-state index is 0.506. The Morgan fingerprint density at radius 2 is 2.21 bits per heavy atom. The van der Waals surface area contributed by atoms with Crippen LogP contribution < -0.4 is 0 Å². The van der Waals surface area contributed by atoms with Gasteiger partial charge < -0.3 is 4.74 Å². The third kappa shape index (κ3) is 2.65. The molecule has 3 nitrogen and oxygen atoms in total. The molecule has 0 aromatic carbocycles. The zero-order valence-electron chi connectivity index (χ0n) is 7.91. The Morgan fingerprint density at radius 3 is 2.86 bits per heavy atom. The van der Waals surface area contributed by atoms with Crippen molar-refractivity contribution in [1.82, 2.24) is 9.59 Å². The van der Waals surface area contributed by atoms with Crippen molar-refractivity contribution in [2.75, 3.05) is 6.61 Å². The Labute approximate surface area is 92.6 Å². The van der Waals surface area contributed by atoms with Gasteiger partial charge in [0.15, 0.2) is 0 Å². The Kier molecular flexibility index (Phi) is 3.73. The highest BCUT2D eigenvalue weighted by atomic mass is 35.5. The minimum absolute atomic E-state index is 0.506. The van der Waals surface area contributed by atoms with E-state index in [1.165, 1.54) is 37.2 Å². The van der Waals surface area contributed by atoms with Crippen molar-refractivity contribution in [3.05, 3.63) is 10.0 Å². The highest BCUT2D eigenvalue weighted by Gasteiger charge is 2.15. The standard InChI is InChI=1S/C9H13ClN2OS/c10-9-8(11-12-14-9)6-13-5-7-3-1-2-4-7/h7H,1-6H2. The molecule has 0 aliphatic heterocycles. The summed E-state index contributed by atoms with van der Waals surface area (Å²) in [6.07, 6.45) is 5.33. The highest BCUT2D eigenvalue weighted by molar-refractivity contribution is 7.10. The average Bonchev–Trinajstić information content (AvgIpc) is 2.78. The lowest BCUT2D eigenvalue weighted by Gasteiger charge is -2.08. The van der Waals surface area contributed by atoms with Crippen molar-refractivity contribution in [1.29, 1.82) is 0 Å². The van der Waals surface area contributed by atoms with Crippen LogP contribution in [0.5, 0.6) is 0 Å². The molecule has 0 amide bonds. The first kappa shape index (κ1) is 10.3. The van der Waals surface area contributed by atoms with Gasteiger partial charge in [-0.2, -0.15) is 0 Å². The zero-order chi connectivity index (χ0) is 9.80. The van der Waals surface area contributed by atoms with E-state index in [2.05, 4.69) is 9.59 Å². The summed E-state index contributed by atoms with van der Waals surface area (Å²) < 4.78 is 9.96. The number of rotatable bonds is 4. The molecule has 5 heteroatoms. The molecule has 0 atom stereocenters. The maximum atomic E-state index is 5.85. The second-order valence-electron chi connectivity index (χ2n) is 3.66. The molecule has 0 radical (unpaired) electrons. The van der Waals surface area contributed by atoms with E-state index in [0.717, 1.165) is 18.2 Å². The van der Waals surface area contributed by atoms with Crippen LogP contribution in [-0.4, -0.2) is 16.2 Å². The number of aromatic nitrogens is 2. The molecule has 0 saturated heterocycles. The Hall–Kier alpha value is -0.190. The number of ether oxygens (including phenoxy) is 1. The van der Waals surface area contributed by atoms with Gasteiger partial charge in [0.2, 0.25) is 0 Å². The van der Waals surface area contributed by atoms with Crippen LogP contribution in [0, 0.1) is 5.92 Å². The van der Waals surface area contributed by atoms with E-state index in [1.54, 1.807) is 0 Å². The van der Waals surface area contributed by atoms with Crippen LogP contribution in [0.15, 0.2) is 0 Å². The smallest absolute Gasteiger partial charge is 0.139 e. The van der Waals surface area contributed by atoms with E-state index in [1.807, 2.05) is 0 Å². The van der Waals surface area contributed by atoms with Crippen LogP contribution in [0.4, 0.5) is 0 Å². The van der Waals surface area contributed by atoms with Gasteiger partial charge in [-0.15, -0.1) is 5.10 Å². The van der Waals surface area contributed by atoms with Gasteiger partial charge in [-0.05, 0) is 18.8 Å². The molecule has 2 rings (SSSR count). The van der Waals surface area contributed by atoms with Gasteiger partial charge >= 0.3 is 0 Å². The van der Waals surface area contributed by atoms with Crippen LogP contribution in [0.3, 0.4) is 0 Å². The van der Waals surface area contributed by atoms with Crippen molar-refractivity contribution in [3.8, 4) is 0 Å². The lowest BCUT2D eigenvalue weighted by molar-refractivity contribution is 0.0867. The van der Waals surface area contributed by atoms with Crippen molar-refractivity contribution in [2.45, 2.75) is 32.3 Å². The van der Waals surface area contributed by atoms with E-state index in [4.69, 9.17) is 16.3 Å². The van der Waals surface area contributed by atoms with E-state index in [0.29, 0.717) is 10.9 Å². The van der Waals surface area contributed by atoms with Gasteiger partial charge in [-0.25, -0.2) is 0 Å². The van der Waals surface area contributed by atoms with Crippen LogP contribution in [0.1, 0.15) is 31.4 Å². The number of halogens is 1. The summed E-state index contributed by atoms with van der Waals surface area (Å²) in [7, 11) is 0. The molecule has 78 valence electrons. The average molecular weight is 233 g/mol. The summed E-state index contributed by atoms with van der Waals surface area (Å²) >= 11 is 7.06. The summed E-state index contributed by atoms with van der Waals surface area (Å²) in [6.45, 7) is 1.35. The second kappa shape index (κ2) is 5.05. The monoisotopic (exact) mass is 232 g/mol. The molecular formula is C9H13ClN2OS. The largest absolute Gasteiger partial charge is 0.375 e. The highest BCUT2D eigenvalue weighted by Crippen LogP contribution is 2.25. The van der Waals surface area contributed by atoms with E-state index < -0.39 is 0 Å². The lowest BCUT2D eigenvalue weighted by atomic mass is 10.1. The molecule has 14 heavy (non-hydrogen) atoms. The summed E-state index contributed by atoms with van der Waals surface area (Å²) in [5.41, 5.74) is 0.773. The molecule has 1 aliphatic carbocycles. The van der Waals surface area contributed by atoms with Gasteiger partial charge in [0.1, 0.15) is 10.0 Å². The topological polar surface area (TPSA) is 35.0 Å². The molecule has 1 fully saturated rings. The number of nitrogens with zero attached hydrogens (tertiary/aromatic N) is 2. The summed E-state index contributed by atoms with van der Waals surface area (Å²) in [4.78, 5) is 0. The Bertz CT molecular complexity index is 286. The maximum absolute atomic E-state index is 5.85. The van der Waals surface area contributed by atoms with Crippen molar-refractivity contribution < 1.29 is 4.74 Å². The quantitative estimate of drug-likeness (QED) is 0.801. The van der Waals surface area contributed by atoms with Gasteiger partial charge in [0.25, 0.3) is 0 Å². The Morgan fingerprint density at radius 1 is 1.43 bits per heavy atom. The lowest BCUT2D eigenvalue weighted by Crippen LogP contribution is -2.05. The second-order valence-corrected chi connectivity index (χ2v) is 5.02. The number of hydrogen-bond donors (Lipinski definition) is 0. The summed E-state index contributed by atoms with van der Waals surface area (Å²) in [5.74, 6) is 0.750. The molecular weight excluding hydrogens is 220 g/mol. The molecule has 1 aromatic heterocycles. The normalized spacial score (nSPS) is 17.8. The molecule has 1 aromatic rings. The molecule has 0 bridgehead atoms. The number of hydrogen-bond acceptors (Lipinski definition) is 4. The molecule has 1 heterocycles. The van der Waals surface area contributed by atoms with Crippen LogP contribution >= 0.6 is 23.1 Å². The fourth-order valence-corrected chi connectivity index (χ4v) is 2.38. The third-order valence-electron chi connectivity index (χ3n) is 2.58. The van der Waals surface area contributed by atoms with Crippen LogP contribution in [0.25, 0.3) is 0 Å². The fourth-order valence-electron chi connectivity index (χ4n) is 1.78. The van der Waals surface area contributed by atoms with Gasteiger partial charge in [0, 0.05) is 18.1 Å². The predicted molar refractivity (Wildman–Crippen MR) is 56.5 cm³/mol. The molecule has 0 unspecified atom stereocenters. The fraction of sp³-hybridized carbons (Fsp3) is 0.778. The van der Waals surface area contributed by atoms with Crippen LogP contribution in [-0.2, 0) is 11.3 Å². The van der Waals surface area contributed by atoms with Gasteiger partial charge in [-0.3, -0.25) is 0 Å². The van der Waals surface area contributed by atoms with E-state index in [9.17, 15) is 0 Å². The summed E-state index contributed by atoms with van der Waals surface area (Å²) in [6, 6.07) is 0. The minimum Gasteiger partial charge on any atom is -0.375 e. The first-order valence-corrected chi connectivity index (χ1v) is 6.06. The van der Waals surface area contributed by atoms with E-state index in [-0.39, 0.29) is 0 Å². The SMILES string of the molecule is Clc1snnc1COCC1CCCC1. The van der Waals surface area contributed by atoms with Gasteiger partial charge in [0.05, 0.1) is 6.61 Å². The van der Waals surface area contributed by atoms with Crippen molar-refractivity contribution >= 4 is 23.1 Å². The van der Waals surface area contributed by atoms with Crippen LogP contribution in [0.2, 0.25) is 4.34 Å². The first-order chi connectivity index (χ1) is 6.86. The van der Waals surface area contributed by atoms with Crippen molar-refractivity contribution in [3.63, 3.8) is 0 Å².